The van der Waals surface area contributed by atoms with Crippen LogP contribution < -0.4 is 10.0 Å². The minimum atomic E-state index is -3.37. The van der Waals surface area contributed by atoms with Gasteiger partial charge in [0.05, 0.1) is 6.61 Å². The summed E-state index contributed by atoms with van der Waals surface area (Å²) in [7, 11) is -1.80. The van der Waals surface area contributed by atoms with Crippen LogP contribution in [0.3, 0.4) is 0 Å². The third kappa shape index (κ3) is 4.68. The van der Waals surface area contributed by atoms with Crippen LogP contribution in [0.2, 0.25) is 0 Å². The third-order valence-corrected chi connectivity index (χ3v) is 5.36. The van der Waals surface area contributed by atoms with Crippen molar-refractivity contribution in [3.05, 3.63) is 0 Å². The van der Waals surface area contributed by atoms with E-state index in [1.807, 2.05) is 0 Å². The third-order valence-electron chi connectivity index (χ3n) is 3.69. The SMILES string of the molecule is COCCNS(=O)(=O)N1CCCCC1CNC1CC1. The second-order valence-electron chi connectivity index (χ2n) is 5.34. The number of ether oxygens (including phenoxy) is 1. The van der Waals surface area contributed by atoms with E-state index in [9.17, 15) is 8.42 Å². The van der Waals surface area contributed by atoms with Gasteiger partial charge in [-0.15, -0.1) is 0 Å². The molecule has 0 spiro atoms. The lowest BCUT2D eigenvalue weighted by molar-refractivity contribution is 0.201. The Kier molecular flexibility index (Phi) is 5.58. The summed E-state index contributed by atoms with van der Waals surface area (Å²) in [5.74, 6) is 0. The van der Waals surface area contributed by atoms with E-state index in [1.165, 1.54) is 12.8 Å². The summed E-state index contributed by atoms with van der Waals surface area (Å²) in [6, 6.07) is 0.710. The number of piperidine rings is 1. The minimum Gasteiger partial charge on any atom is -0.383 e. The summed E-state index contributed by atoms with van der Waals surface area (Å²) < 4.78 is 33.6. The standard InChI is InChI=1S/C12H25N3O3S/c1-18-9-7-14-19(16,17)15-8-3-2-4-12(15)10-13-11-5-6-11/h11-14H,2-10H2,1H3. The largest absolute Gasteiger partial charge is 0.383 e. The summed E-state index contributed by atoms with van der Waals surface area (Å²) in [5.41, 5.74) is 0. The summed E-state index contributed by atoms with van der Waals surface area (Å²) >= 11 is 0. The van der Waals surface area contributed by atoms with Crippen LogP contribution in [-0.4, -0.2) is 58.2 Å². The highest BCUT2D eigenvalue weighted by Gasteiger charge is 2.33. The van der Waals surface area contributed by atoms with Gasteiger partial charge in [-0.2, -0.15) is 17.4 Å². The fourth-order valence-electron chi connectivity index (χ4n) is 2.44. The molecule has 1 atom stereocenters. The van der Waals surface area contributed by atoms with Crippen LogP contribution in [0.25, 0.3) is 0 Å². The second kappa shape index (κ2) is 6.99. The molecule has 0 bridgehead atoms. The van der Waals surface area contributed by atoms with Crippen LogP contribution in [0, 0.1) is 0 Å². The van der Waals surface area contributed by atoms with E-state index in [4.69, 9.17) is 4.74 Å². The first-order chi connectivity index (χ1) is 9.13. The van der Waals surface area contributed by atoms with Gasteiger partial charge in [-0.25, -0.2) is 0 Å². The van der Waals surface area contributed by atoms with Gasteiger partial charge in [0.15, 0.2) is 0 Å². The van der Waals surface area contributed by atoms with Crippen molar-refractivity contribution < 1.29 is 13.2 Å². The zero-order valence-corrected chi connectivity index (χ0v) is 12.4. The van der Waals surface area contributed by atoms with E-state index in [0.717, 1.165) is 25.8 Å². The van der Waals surface area contributed by atoms with Crippen molar-refractivity contribution in [1.82, 2.24) is 14.3 Å². The van der Waals surface area contributed by atoms with Gasteiger partial charge in [0.25, 0.3) is 10.2 Å². The molecule has 2 aliphatic rings. The van der Waals surface area contributed by atoms with Gasteiger partial charge in [0.1, 0.15) is 0 Å². The quantitative estimate of drug-likeness (QED) is 0.621. The average Bonchev–Trinajstić information content (AvgIpc) is 3.21. The highest BCUT2D eigenvalue weighted by atomic mass is 32.2. The van der Waals surface area contributed by atoms with Crippen LogP contribution in [0.15, 0.2) is 0 Å². The summed E-state index contributed by atoms with van der Waals surface area (Å²) in [6.07, 6.45) is 5.47. The predicted molar refractivity (Wildman–Crippen MR) is 74.2 cm³/mol. The topological polar surface area (TPSA) is 70.7 Å². The fourth-order valence-corrected chi connectivity index (χ4v) is 3.89. The van der Waals surface area contributed by atoms with E-state index in [-0.39, 0.29) is 6.04 Å². The molecule has 1 unspecified atom stereocenters. The highest BCUT2D eigenvalue weighted by molar-refractivity contribution is 7.87. The number of hydrogen-bond donors (Lipinski definition) is 2. The molecule has 1 aliphatic heterocycles. The molecule has 0 radical (unpaired) electrons. The molecule has 2 N–H and O–H groups in total. The summed E-state index contributed by atoms with van der Waals surface area (Å²) in [5, 5.41) is 3.44. The molecule has 6 nitrogen and oxygen atoms in total. The van der Waals surface area contributed by atoms with Crippen molar-refractivity contribution in [1.29, 1.82) is 0 Å². The van der Waals surface area contributed by atoms with Crippen molar-refractivity contribution in [2.24, 2.45) is 0 Å². The molecule has 0 aromatic heterocycles. The smallest absolute Gasteiger partial charge is 0.279 e. The van der Waals surface area contributed by atoms with Gasteiger partial charge >= 0.3 is 0 Å². The Morgan fingerprint density at radius 1 is 1.26 bits per heavy atom. The van der Waals surface area contributed by atoms with E-state index in [0.29, 0.717) is 25.7 Å². The first-order valence-corrected chi connectivity index (χ1v) is 8.56. The van der Waals surface area contributed by atoms with Crippen LogP contribution in [0.1, 0.15) is 32.1 Å². The number of rotatable bonds is 8. The number of hydrogen-bond acceptors (Lipinski definition) is 4. The molecule has 2 fully saturated rings. The van der Waals surface area contributed by atoms with Crippen LogP contribution in [0.4, 0.5) is 0 Å². The first kappa shape index (κ1) is 15.2. The fraction of sp³-hybridized carbons (Fsp3) is 1.00. The Labute approximate surface area is 116 Å². The Morgan fingerprint density at radius 3 is 2.74 bits per heavy atom. The minimum absolute atomic E-state index is 0.0920. The maximum atomic E-state index is 12.3. The Hall–Kier alpha value is -0.210. The zero-order chi connectivity index (χ0) is 13.7. The number of methoxy groups -OCH3 is 1. The molecular formula is C12H25N3O3S. The normalized spacial score (nSPS) is 25.6. The zero-order valence-electron chi connectivity index (χ0n) is 11.6. The first-order valence-electron chi connectivity index (χ1n) is 7.12. The van der Waals surface area contributed by atoms with Crippen LogP contribution in [0.5, 0.6) is 0 Å². The summed E-state index contributed by atoms with van der Waals surface area (Å²) in [6.45, 7) is 2.13. The van der Waals surface area contributed by atoms with Gasteiger partial charge in [-0.05, 0) is 25.7 Å². The van der Waals surface area contributed by atoms with Crippen molar-refractivity contribution >= 4 is 10.2 Å². The molecule has 1 saturated carbocycles. The second-order valence-corrected chi connectivity index (χ2v) is 7.04. The Morgan fingerprint density at radius 2 is 2.05 bits per heavy atom. The maximum absolute atomic E-state index is 12.3. The van der Waals surface area contributed by atoms with E-state index < -0.39 is 10.2 Å². The molecule has 0 aromatic rings. The van der Waals surface area contributed by atoms with Crippen molar-refractivity contribution in [2.75, 3.05) is 33.4 Å². The van der Waals surface area contributed by atoms with Crippen LogP contribution >= 0.6 is 0 Å². The molecular weight excluding hydrogens is 266 g/mol. The Balaban J connectivity index is 1.88. The lowest BCUT2D eigenvalue weighted by Gasteiger charge is -2.34. The van der Waals surface area contributed by atoms with Crippen molar-refractivity contribution in [3.63, 3.8) is 0 Å². The summed E-state index contributed by atoms with van der Waals surface area (Å²) in [4.78, 5) is 0. The predicted octanol–water partition coefficient (Wildman–Crippen LogP) is 0.0737. The molecule has 1 heterocycles. The van der Waals surface area contributed by atoms with Crippen molar-refractivity contribution in [2.45, 2.75) is 44.2 Å². The van der Waals surface area contributed by atoms with E-state index in [1.54, 1.807) is 11.4 Å². The molecule has 1 saturated heterocycles. The van der Waals surface area contributed by atoms with Crippen molar-refractivity contribution in [3.8, 4) is 0 Å². The molecule has 112 valence electrons. The number of nitrogens with one attached hydrogen (secondary N) is 2. The molecule has 1 aliphatic carbocycles. The monoisotopic (exact) mass is 291 g/mol. The van der Waals surface area contributed by atoms with Crippen LogP contribution in [-0.2, 0) is 14.9 Å². The molecule has 19 heavy (non-hydrogen) atoms. The maximum Gasteiger partial charge on any atom is 0.279 e. The van der Waals surface area contributed by atoms with E-state index in [2.05, 4.69) is 10.0 Å². The Bertz CT molecular complexity index is 370. The van der Waals surface area contributed by atoms with Gasteiger partial charge in [-0.1, -0.05) is 6.42 Å². The van der Waals surface area contributed by atoms with Gasteiger partial charge in [0, 0.05) is 38.8 Å². The van der Waals surface area contributed by atoms with Gasteiger partial charge in [-0.3, -0.25) is 0 Å². The van der Waals surface area contributed by atoms with Gasteiger partial charge < -0.3 is 10.1 Å². The molecule has 0 aromatic carbocycles. The molecule has 7 heteroatoms. The highest BCUT2D eigenvalue weighted by Crippen LogP contribution is 2.22. The lowest BCUT2D eigenvalue weighted by Crippen LogP contribution is -2.53. The van der Waals surface area contributed by atoms with E-state index >= 15 is 0 Å². The molecule has 2 rings (SSSR count). The van der Waals surface area contributed by atoms with Gasteiger partial charge in [0.2, 0.25) is 0 Å². The lowest BCUT2D eigenvalue weighted by atomic mass is 10.1. The average molecular weight is 291 g/mol. The molecule has 0 amide bonds. The number of nitrogens with zero attached hydrogens (tertiary/aromatic N) is 1.